The van der Waals surface area contributed by atoms with Crippen LogP contribution in [0.15, 0.2) is 24.3 Å². The van der Waals surface area contributed by atoms with E-state index in [9.17, 15) is 9.59 Å². The van der Waals surface area contributed by atoms with Gasteiger partial charge in [-0.15, -0.1) is 0 Å². The molecule has 0 bridgehead atoms. The fraction of sp³-hybridized carbons (Fsp3) is 0.333. The molecule has 1 rings (SSSR count). The van der Waals surface area contributed by atoms with Crippen molar-refractivity contribution in [2.45, 2.75) is 6.92 Å². The molecule has 6 nitrogen and oxygen atoms in total. The first-order valence-corrected chi connectivity index (χ1v) is 5.51. The molecule has 18 heavy (non-hydrogen) atoms. The molecule has 0 aliphatic rings. The number of nitrogens with one attached hydrogen (secondary N) is 1. The van der Waals surface area contributed by atoms with Crippen LogP contribution in [0.3, 0.4) is 0 Å². The molecule has 0 aliphatic heterocycles. The SMILES string of the molecule is COc1ccc(NC(=O)N(CCN)C(C)=O)cc1. The third-order valence-corrected chi connectivity index (χ3v) is 2.32. The van der Waals surface area contributed by atoms with Gasteiger partial charge in [0.2, 0.25) is 5.91 Å². The zero-order valence-electron chi connectivity index (χ0n) is 10.5. The van der Waals surface area contributed by atoms with Crippen molar-refractivity contribution < 1.29 is 14.3 Å². The Morgan fingerprint density at radius 1 is 1.33 bits per heavy atom. The Labute approximate surface area is 106 Å². The van der Waals surface area contributed by atoms with Crippen LogP contribution in [0, 0.1) is 0 Å². The minimum Gasteiger partial charge on any atom is -0.497 e. The Bertz CT molecular complexity index is 417. The van der Waals surface area contributed by atoms with E-state index in [0.29, 0.717) is 11.4 Å². The highest BCUT2D eigenvalue weighted by Gasteiger charge is 2.16. The van der Waals surface area contributed by atoms with Crippen LogP contribution in [0.2, 0.25) is 0 Å². The number of imide groups is 1. The number of nitrogens with zero attached hydrogens (tertiary/aromatic N) is 1. The van der Waals surface area contributed by atoms with Crippen LogP contribution in [0.5, 0.6) is 5.75 Å². The van der Waals surface area contributed by atoms with Gasteiger partial charge in [-0.3, -0.25) is 9.69 Å². The number of carbonyl (C=O) groups excluding carboxylic acids is 2. The summed E-state index contributed by atoms with van der Waals surface area (Å²) in [6.45, 7) is 1.75. The van der Waals surface area contributed by atoms with Crippen molar-refractivity contribution in [2.75, 3.05) is 25.5 Å². The fourth-order valence-electron chi connectivity index (χ4n) is 1.40. The molecule has 0 atom stereocenters. The second-order valence-electron chi connectivity index (χ2n) is 3.62. The standard InChI is InChI=1S/C12H17N3O3/c1-9(16)15(8-7-13)12(17)14-10-3-5-11(18-2)6-4-10/h3-6H,7-8,13H2,1-2H3,(H,14,17). The molecule has 1 aromatic rings. The smallest absolute Gasteiger partial charge is 0.328 e. The molecule has 0 radical (unpaired) electrons. The summed E-state index contributed by atoms with van der Waals surface area (Å²) in [6.07, 6.45) is 0. The number of rotatable bonds is 4. The first kappa shape index (κ1) is 14.0. The van der Waals surface area contributed by atoms with Crippen LogP contribution in [0.4, 0.5) is 10.5 Å². The number of urea groups is 1. The van der Waals surface area contributed by atoms with Crippen molar-refractivity contribution in [3.05, 3.63) is 24.3 Å². The highest BCUT2D eigenvalue weighted by atomic mass is 16.5. The van der Waals surface area contributed by atoms with E-state index in [4.69, 9.17) is 10.5 Å². The molecule has 3 N–H and O–H groups in total. The molecule has 6 heteroatoms. The van der Waals surface area contributed by atoms with Gasteiger partial charge in [0.1, 0.15) is 5.75 Å². The molecule has 98 valence electrons. The van der Waals surface area contributed by atoms with E-state index in [0.717, 1.165) is 4.90 Å². The number of amides is 3. The highest BCUT2D eigenvalue weighted by Crippen LogP contribution is 2.15. The van der Waals surface area contributed by atoms with Gasteiger partial charge in [-0.25, -0.2) is 4.79 Å². The van der Waals surface area contributed by atoms with Crippen LogP contribution in [-0.4, -0.2) is 37.0 Å². The summed E-state index contributed by atoms with van der Waals surface area (Å²) in [4.78, 5) is 24.1. The second-order valence-corrected chi connectivity index (χ2v) is 3.62. The molecule has 0 saturated heterocycles. The molecule has 0 saturated carbocycles. The third-order valence-electron chi connectivity index (χ3n) is 2.32. The van der Waals surface area contributed by atoms with Crippen LogP contribution < -0.4 is 15.8 Å². The number of hydrogen-bond donors (Lipinski definition) is 2. The topological polar surface area (TPSA) is 84.7 Å². The highest BCUT2D eigenvalue weighted by molar-refractivity contribution is 6.00. The van der Waals surface area contributed by atoms with Gasteiger partial charge in [-0.1, -0.05) is 0 Å². The Hall–Kier alpha value is -2.08. The first-order valence-electron chi connectivity index (χ1n) is 5.51. The van der Waals surface area contributed by atoms with Crippen LogP contribution in [0.1, 0.15) is 6.92 Å². The summed E-state index contributed by atoms with van der Waals surface area (Å²) in [5.41, 5.74) is 5.93. The van der Waals surface area contributed by atoms with Gasteiger partial charge in [0.15, 0.2) is 0 Å². The Balaban J connectivity index is 2.69. The Kier molecular flexibility index (Phi) is 5.13. The molecule has 0 spiro atoms. The Morgan fingerprint density at radius 2 is 1.94 bits per heavy atom. The first-order chi connectivity index (χ1) is 8.58. The zero-order valence-corrected chi connectivity index (χ0v) is 10.5. The van der Waals surface area contributed by atoms with Gasteiger partial charge >= 0.3 is 6.03 Å². The number of anilines is 1. The zero-order chi connectivity index (χ0) is 13.5. The average Bonchev–Trinajstić information content (AvgIpc) is 2.36. The summed E-state index contributed by atoms with van der Waals surface area (Å²) in [7, 11) is 1.56. The molecule has 0 heterocycles. The van der Waals surface area contributed by atoms with Crippen molar-refractivity contribution in [1.82, 2.24) is 4.90 Å². The van der Waals surface area contributed by atoms with Gasteiger partial charge in [-0.2, -0.15) is 0 Å². The van der Waals surface area contributed by atoms with Gasteiger partial charge in [0.05, 0.1) is 7.11 Å². The van der Waals surface area contributed by atoms with E-state index in [1.807, 2.05) is 0 Å². The lowest BCUT2D eigenvalue weighted by Crippen LogP contribution is -2.41. The summed E-state index contributed by atoms with van der Waals surface area (Å²) in [5.74, 6) is 0.352. The maximum absolute atomic E-state index is 11.8. The number of benzene rings is 1. The lowest BCUT2D eigenvalue weighted by atomic mass is 10.3. The van der Waals surface area contributed by atoms with Crippen molar-refractivity contribution in [1.29, 1.82) is 0 Å². The summed E-state index contributed by atoms with van der Waals surface area (Å²) < 4.78 is 5.00. The number of hydrogen-bond acceptors (Lipinski definition) is 4. The molecular formula is C12H17N3O3. The molecule has 0 aliphatic carbocycles. The van der Waals surface area contributed by atoms with Crippen molar-refractivity contribution in [3.8, 4) is 5.75 Å². The molecule has 1 aromatic carbocycles. The van der Waals surface area contributed by atoms with Crippen LogP contribution in [-0.2, 0) is 4.79 Å². The van der Waals surface area contributed by atoms with E-state index < -0.39 is 6.03 Å². The quantitative estimate of drug-likeness (QED) is 0.837. The second kappa shape index (κ2) is 6.61. The predicted molar refractivity (Wildman–Crippen MR) is 68.5 cm³/mol. The monoisotopic (exact) mass is 251 g/mol. The van der Waals surface area contributed by atoms with Gasteiger partial charge in [0, 0.05) is 25.7 Å². The summed E-state index contributed by atoms with van der Waals surface area (Å²) in [6, 6.07) is 6.33. The largest absolute Gasteiger partial charge is 0.497 e. The molecule has 0 unspecified atom stereocenters. The van der Waals surface area contributed by atoms with E-state index in [-0.39, 0.29) is 19.0 Å². The fourth-order valence-corrected chi connectivity index (χ4v) is 1.40. The molecule has 0 fully saturated rings. The van der Waals surface area contributed by atoms with Crippen molar-refractivity contribution >= 4 is 17.6 Å². The van der Waals surface area contributed by atoms with Crippen molar-refractivity contribution in [2.24, 2.45) is 5.73 Å². The minimum absolute atomic E-state index is 0.192. The maximum Gasteiger partial charge on any atom is 0.328 e. The summed E-state index contributed by atoms with van der Waals surface area (Å²) in [5, 5.41) is 2.61. The number of ether oxygens (including phenoxy) is 1. The predicted octanol–water partition coefficient (Wildman–Crippen LogP) is 1.03. The van der Waals surface area contributed by atoms with E-state index in [1.165, 1.54) is 6.92 Å². The van der Waals surface area contributed by atoms with Gasteiger partial charge in [-0.05, 0) is 24.3 Å². The van der Waals surface area contributed by atoms with Crippen molar-refractivity contribution in [3.63, 3.8) is 0 Å². The average molecular weight is 251 g/mol. The van der Waals surface area contributed by atoms with Crippen LogP contribution >= 0.6 is 0 Å². The lowest BCUT2D eigenvalue weighted by molar-refractivity contribution is -0.125. The normalized spacial score (nSPS) is 9.72. The van der Waals surface area contributed by atoms with Gasteiger partial charge < -0.3 is 15.8 Å². The van der Waals surface area contributed by atoms with E-state index in [1.54, 1.807) is 31.4 Å². The maximum atomic E-state index is 11.8. The van der Waals surface area contributed by atoms with Crippen LogP contribution in [0.25, 0.3) is 0 Å². The minimum atomic E-state index is -0.488. The number of nitrogens with two attached hydrogens (primary N) is 1. The molecule has 3 amide bonds. The Morgan fingerprint density at radius 3 is 2.39 bits per heavy atom. The lowest BCUT2D eigenvalue weighted by Gasteiger charge is -2.18. The molecule has 0 aromatic heterocycles. The van der Waals surface area contributed by atoms with E-state index in [2.05, 4.69) is 5.32 Å². The third kappa shape index (κ3) is 3.74. The van der Waals surface area contributed by atoms with E-state index >= 15 is 0 Å². The van der Waals surface area contributed by atoms with Gasteiger partial charge in [0.25, 0.3) is 0 Å². The number of methoxy groups -OCH3 is 1. The number of carbonyl (C=O) groups is 2. The summed E-state index contributed by atoms with van der Waals surface area (Å²) >= 11 is 0. The molecular weight excluding hydrogens is 234 g/mol.